The van der Waals surface area contributed by atoms with Gasteiger partial charge in [-0.25, -0.2) is 0 Å². The molecule has 1 rings (SSSR count). The first kappa shape index (κ1) is 22.6. The topological polar surface area (TPSA) is 0 Å². The Morgan fingerprint density at radius 3 is 1.90 bits per heavy atom. The van der Waals surface area contributed by atoms with Crippen LogP contribution in [-0.2, 0) is 39.0 Å². The maximum absolute atomic E-state index is 2.99. The van der Waals surface area contributed by atoms with Crippen LogP contribution in [-0.4, -0.2) is 10.0 Å². The average Bonchev–Trinajstić information content (AvgIpc) is 1.86. The van der Waals surface area contributed by atoms with Gasteiger partial charge in [-0.1, -0.05) is 0 Å². The van der Waals surface area contributed by atoms with Gasteiger partial charge in [-0.05, 0) is 27.9 Å². The third kappa shape index (κ3) is 9.73. The molecule has 0 saturated heterocycles. The van der Waals surface area contributed by atoms with E-state index in [1.165, 1.54) is 16.5 Å². The van der Waals surface area contributed by atoms with E-state index in [1.54, 1.807) is 0 Å². The molecule has 5 heteroatoms. The third-order valence-corrected chi connectivity index (χ3v) is 1.21. The molecule has 0 nitrogen and oxygen atoms in total. The van der Waals surface area contributed by atoms with Crippen molar-refractivity contribution in [1.29, 1.82) is 0 Å². The molecule has 0 amide bonds. The predicted octanol–water partition coefficient (Wildman–Crippen LogP) is -4.96. The van der Waals surface area contributed by atoms with E-state index in [1.807, 2.05) is 13.0 Å². The fraction of sp³-hybridized carbons (Fsp3) is 0.200. The summed E-state index contributed by atoms with van der Waals surface area (Å²) in [4.78, 5) is 0. The van der Waals surface area contributed by atoms with Crippen LogP contribution in [0.5, 0.6) is 0 Å². The van der Waals surface area contributed by atoms with Crippen LogP contribution >= 0.6 is 10.9 Å². The third-order valence-electron chi connectivity index (χ3n) is 0.546. The molecule has 0 fully saturated rings. The molecular formula is C5H4Br2SZn2-2. The maximum Gasteiger partial charge on any atom is 0.0108 e. The van der Waals surface area contributed by atoms with E-state index >= 15 is 0 Å². The Morgan fingerprint density at radius 2 is 1.80 bits per heavy atom. The van der Waals surface area contributed by atoms with Gasteiger partial charge < -0.3 is 34.0 Å². The Bertz CT molecular complexity index is 196. The normalized spacial score (nSPS) is 8.70. The van der Waals surface area contributed by atoms with Gasteiger partial charge in [0.1, 0.15) is 0 Å². The Labute approximate surface area is 111 Å². The monoisotopic (exact) mass is 382 g/mol. The van der Waals surface area contributed by atoms with Crippen LogP contribution in [0.15, 0.2) is 11.6 Å². The largest absolute Gasteiger partial charge is 1.00 e. The molecule has 1 heterocycles. The van der Waals surface area contributed by atoms with E-state index < -0.39 is 0 Å². The van der Waals surface area contributed by atoms with Crippen LogP contribution in [0.25, 0.3) is 0 Å². The second-order valence-electron chi connectivity index (χ2n) is 1.15. The van der Waals surface area contributed by atoms with Gasteiger partial charge in [0.15, 0.2) is 0 Å². The number of halogens is 2. The zero-order valence-electron chi connectivity index (χ0n) is 5.66. The van der Waals surface area contributed by atoms with Crippen LogP contribution in [0.3, 0.4) is 0 Å². The quantitative estimate of drug-likeness (QED) is 0.289. The van der Waals surface area contributed by atoms with Crippen molar-refractivity contribution in [3.05, 3.63) is 11.6 Å². The SMILES string of the molecule is CC1=C=S=C=C1.[Br-].[Br-].[Zn].[Zn]. The molecule has 0 aromatic heterocycles. The van der Waals surface area contributed by atoms with Crippen molar-refractivity contribution in [3.8, 4) is 0 Å². The van der Waals surface area contributed by atoms with Gasteiger partial charge in [0.2, 0.25) is 0 Å². The molecule has 0 spiro atoms. The summed E-state index contributed by atoms with van der Waals surface area (Å²) in [6.45, 7) is 2.01. The molecule has 0 atom stereocenters. The van der Waals surface area contributed by atoms with Gasteiger partial charge in [-0.3, -0.25) is 0 Å². The molecule has 0 unspecified atom stereocenters. The summed E-state index contributed by atoms with van der Waals surface area (Å²) < 4.78 is 0. The fourth-order valence-electron chi connectivity index (χ4n) is 0.257. The Morgan fingerprint density at radius 1 is 1.30 bits per heavy atom. The smallest absolute Gasteiger partial charge is 0.0108 e. The van der Waals surface area contributed by atoms with E-state index in [0.717, 1.165) is 0 Å². The zero-order valence-corrected chi connectivity index (χ0v) is 15.6. The molecular weight excluding hydrogens is 383 g/mol. The first-order valence-electron chi connectivity index (χ1n) is 1.74. The number of rotatable bonds is 0. The van der Waals surface area contributed by atoms with Crippen molar-refractivity contribution in [2.24, 2.45) is 0 Å². The minimum Gasteiger partial charge on any atom is -1.00 e. The van der Waals surface area contributed by atoms with Gasteiger partial charge in [0.05, 0.1) is 0 Å². The van der Waals surface area contributed by atoms with Crippen molar-refractivity contribution < 1.29 is 72.9 Å². The molecule has 0 radical (unpaired) electrons. The van der Waals surface area contributed by atoms with Crippen LogP contribution < -0.4 is 34.0 Å². The molecule has 0 aliphatic carbocycles. The number of hydrogen-bond acceptors (Lipinski definition) is 0. The Hall–Kier alpha value is 1.73. The van der Waals surface area contributed by atoms with E-state index in [0.29, 0.717) is 0 Å². The van der Waals surface area contributed by atoms with Gasteiger partial charge in [-0.2, -0.15) is 0 Å². The standard InChI is InChI=1S/C5H4S.2BrH.2Zn/c1-5-2-3-6-4-5;;;;/h2H,1H3;2*1H;;/p-2. The summed E-state index contributed by atoms with van der Waals surface area (Å²) >= 11 is 0. The molecule has 1 aliphatic heterocycles. The number of hydrogen-bond donors (Lipinski definition) is 0. The minimum absolute atomic E-state index is 0. The van der Waals surface area contributed by atoms with Crippen molar-refractivity contribution in [2.75, 3.05) is 0 Å². The predicted molar refractivity (Wildman–Crippen MR) is 31.4 cm³/mol. The number of allylic oxidation sites excluding steroid dienone is 2. The molecule has 0 saturated carbocycles. The van der Waals surface area contributed by atoms with Crippen LogP contribution in [0.2, 0.25) is 0 Å². The summed E-state index contributed by atoms with van der Waals surface area (Å²) in [6, 6.07) is 0. The van der Waals surface area contributed by atoms with E-state index in [-0.39, 0.29) is 72.9 Å². The Kier molecular flexibility index (Phi) is 30.1. The summed E-state index contributed by atoms with van der Waals surface area (Å²) in [6.07, 6.45) is 1.92. The van der Waals surface area contributed by atoms with Gasteiger partial charge >= 0.3 is 0 Å². The van der Waals surface area contributed by atoms with E-state index in [2.05, 4.69) is 10.0 Å². The molecule has 0 aromatic rings. The van der Waals surface area contributed by atoms with Gasteiger partial charge in [0.25, 0.3) is 0 Å². The molecule has 0 bridgehead atoms. The van der Waals surface area contributed by atoms with Gasteiger partial charge in [-0.15, -0.1) is 0 Å². The first-order chi connectivity index (χ1) is 2.89. The van der Waals surface area contributed by atoms with E-state index in [9.17, 15) is 0 Å². The summed E-state index contributed by atoms with van der Waals surface area (Å²) in [5.74, 6) is 0. The van der Waals surface area contributed by atoms with Crippen molar-refractivity contribution in [2.45, 2.75) is 6.92 Å². The summed E-state index contributed by atoms with van der Waals surface area (Å²) in [5.41, 5.74) is 1.18. The van der Waals surface area contributed by atoms with Crippen LogP contribution in [0.4, 0.5) is 0 Å². The maximum atomic E-state index is 2.99. The van der Waals surface area contributed by atoms with Crippen molar-refractivity contribution in [3.63, 3.8) is 0 Å². The first-order valence-corrected chi connectivity index (χ1v) is 2.55. The minimum atomic E-state index is 0. The zero-order chi connectivity index (χ0) is 4.41. The molecule has 50 valence electrons. The van der Waals surface area contributed by atoms with E-state index in [4.69, 9.17) is 0 Å². The van der Waals surface area contributed by atoms with Gasteiger partial charge in [0, 0.05) is 50.6 Å². The van der Waals surface area contributed by atoms with Crippen molar-refractivity contribution >= 4 is 21.0 Å². The van der Waals surface area contributed by atoms with Crippen LogP contribution in [0.1, 0.15) is 6.92 Å². The molecule has 10 heavy (non-hydrogen) atoms. The van der Waals surface area contributed by atoms with Crippen LogP contribution in [0, 0.1) is 0 Å². The van der Waals surface area contributed by atoms with Crippen molar-refractivity contribution in [1.82, 2.24) is 0 Å². The average molecular weight is 387 g/mol. The fourth-order valence-corrected chi connectivity index (χ4v) is 0.772. The summed E-state index contributed by atoms with van der Waals surface area (Å²) in [7, 11) is 1.49. The Balaban J connectivity index is -0.0000000450. The second kappa shape index (κ2) is 13.3. The summed E-state index contributed by atoms with van der Waals surface area (Å²) in [5, 5.41) is 5.90. The molecule has 0 aromatic carbocycles. The molecule has 0 N–H and O–H groups in total. The molecule has 1 aliphatic rings. The second-order valence-corrected chi connectivity index (χ2v) is 1.79.